The number of halogens is 3. The van der Waals surface area contributed by atoms with E-state index in [9.17, 15) is 22.8 Å². The van der Waals surface area contributed by atoms with Crippen LogP contribution in [0.2, 0.25) is 0 Å². The van der Waals surface area contributed by atoms with E-state index in [4.69, 9.17) is 19.3 Å². The average Bonchev–Trinajstić information content (AvgIpc) is 3.73. The summed E-state index contributed by atoms with van der Waals surface area (Å²) in [5.74, 6) is 0.0952. The quantitative estimate of drug-likeness (QED) is 0.316. The zero-order valence-corrected chi connectivity index (χ0v) is 25.2. The molecule has 0 unspecified atom stereocenters. The Balaban J connectivity index is 1.42. The van der Waals surface area contributed by atoms with Gasteiger partial charge in [-0.15, -0.1) is 11.3 Å². The number of hydrogen-bond donors (Lipinski definition) is 0. The van der Waals surface area contributed by atoms with Gasteiger partial charge in [0.25, 0.3) is 11.8 Å². The van der Waals surface area contributed by atoms with Crippen LogP contribution in [0.25, 0.3) is 0 Å². The molecule has 2 aliphatic heterocycles. The lowest BCUT2D eigenvalue weighted by atomic mass is 10.0. The minimum absolute atomic E-state index is 0.0633. The van der Waals surface area contributed by atoms with Crippen LogP contribution in [0, 0.1) is 0 Å². The summed E-state index contributed by atoms with van der Waals surface area (Å²) in [5.41, 5.74) is 0.728. The van der Waals surface area contributed by atoms with Crippen LogP contribution in [0.15, 0.2) is 65.1 Å². The number of benzene rings is 2. The maximum atomic E-state index is 14.0. The Kier molecular flexibility index (Phi) is 9.87. The normalized spacial score (nSPS) is 17.3. The molecule has 0 bridgehead atoms. The van der Waals surface area contributed by atoms with E-state index in [1.54, 1.807) is 19.2 Å². The second kappa shape index (κ2) is 13.8. The van der Waals surface area contributed by atoms with Crippen molar-refractivity contribution in [1.29, 1.82) is 0 Å². The molecule has 2 aromatic carbocycles. The molecule has 0 spiro atoms. The molecule has 5 rings (SSSR count). The molecule has 234 valence electrons. The highest BCUT2D eigenvalue weighted by Crippen LogP contribution is 2.38. The molecule has 9 nitrogen and oxygen atoms in total. The van der Waals surface area contributed by atoms with Crippen LogP contribution in [0.3, 0.4) is 0 Å². The fraction of sp³-hybridized carbons (Fsp3) is 0.387. The summed E-state index contributed by atoms with van der Waals surface area (Å²) in [6, 6.07) is 12.8. The van der Waals surface area contributed by atoms with Crippen molar-refractivity contribution in [2.24, 2.45) is 5.10 Å². The van der Waals surface area contributed by atoms with E-state index < -0.39 is 29.6 Å². The lowest BCUT2D eigenvalue weighted by Gasteiger charge is -2.31. The smallest absolute Gasteiger partial charge is 0.416 e. The zero-order valence-electron chi connectivity index (χ0n) is 24.4. The highest BCUT2D eigenvalue weighted by Gasteiger charge is 2.36. The molecule has 0 radical (unpaired) electrons. The molecule has 0 aliphatic carbocycles. The number of carbonyl (C=O) groups is 2. The van der Waals surface area contributed by atoms with Crippen molar-refractivity contribution < 1.29 is 37.0 Å². The van der Waals surface area contributed by atoms with Crippen molar-refractivity contribution in [3.63, 3.8) is 0 Å². The van der Waals surface area contributed by atoms with Gasteiger partial charge < -0.3 is 19.1 Å². The van der Waals surface area contributed by atoms with Gasteiger partial charge in [-0.1, -0.05) is 12.1 Å². The maximum absolute atomic E-state index is 14.0. The molecular weight excluding hydrogens is 597 g/mol. The Morgan fingerprint density at radius 2 is 1.77 bits per heavy atom. The van der Waals surface area contributed by atoms with Gasteiger partial charge >= 0.3 is 6.18 Å². The Labute approximate surface area is 257 Å². The van der Waals surface area contributed by atoms with Gasteiger partial charge in [0.2, 0.25) is 0 Å². The van der Waals surface area contributed by atoms with Gasteiger partial charge in [-0.25, -0.2) is 5.01 Å². The third-order valence-corrected chi connectivity index (χ3v) is 8.55. The van der Waals surface area contributed by atoms with Gasteiger partial charge in [-0.3, -0.25) is 14.5 Å². The standard InChI is InChI=1S/C31H33F3N4O5S/c1-41-26-10-7-22(18-27(26)42-2)25-19-24(28-4-3-17-44-28)35-38(25)29(39)20-37(12-11-36-13-15-43-16-14-36)30(40)21-5-8-23(9-6-21)31(32,33)34/h3-10,17-18,25H,11-16,19-20H2,1-2H3/t25-/m1/s1. The second-order valence-corrected chi connectivity index (χ2v) is 11.3. The molecule has 0 N–H and O–H groups in total. The van der Waals surface area contributed by atoms with Gasteiger partial charge in [0.15, 0.2) is 11.5 Å². The van der Waals surface area contributed by atoms with Gasteiger partial charge in [0.1, 0.15) is 6.54 Å². The molecule has 1 fully saturated rings. The number of amides is 2. The Hall–Kier alpha value is -3.94. The molecule has 13 heteroatoms. The maximum Gasteiger partial charge on any atom is 0.416 e. The molecule has 1 saturated heterocycles. The van der Waals surface area contributed by atoms with Crippen LogP contribution in [-0.4, -0.2) is 92.5 Å². The first-order valence-corrected chi connectivity index (χ1v) is 15.0. The molecule has 44 heavy (non-hydrogen) atoms. The summed E-state index contributed by atoms with van der Waals surface area (Å²) in [6.45, 7) is 2.85. The minimum Gasteiger partial charge on any atom is -0.493 e. The summed E-state index contributed by atoms with van der Waals surface area (Å²) >= 11 is 1.51. The monoisotopic (exact) mass is 630 g/mol. The third kappa shape index (κ3) is 7.22. The fourth-order valence-corrected chi connectivity index (χ4v) is 5.93. The van der Waals surface area contributed by atoms with Crippen molar-refractivity contribution >= 4 is 28.9 Å². The molecule has 3 heterocycles. The van der Waals surface area contributed by atoms with Crippen LogP contribution >= 0.6 is 11.3 Å². The first-order valence-electron chi connectivity index (χ1n) is 14.1. The third-order valence-electron chi connectivity index (χ3n) is 7.63. The van der Waals surface area contributed by atoms with Crippen LogP contribution < -0.4 is 9.47 Å². The molecule has 2 amide bonds. The largest absolute Gasteiger partial charge is 0.493 e. The molecular formula is C31H33F3N4O5S. The summed E-state index contributed by atoms with van der Waals surface area (Å²) in [4.78, 5) is 32.1. The van der Waals surface area contributed by atoms with E-state index in [-0.39, 0.29) is 18.7 Å². The number of rotatable bonds is 10. The number of thiophene rings is 1. The lowest BCUT2D eigenvalue weighted by molar-refractivity contribution is -0.137. The van der Waals surface area contributed by atoms with Gasteiger partial charge in [0, 0.05) is 38.2 Å². The molecule has 2 aliphatic rings. The molecule has 3 aromatic rings. The minimum atomic E-state index is -4.53. The van der Waals surface area contributed by atoms with E-state index in [1.807, 2.05) is 23.6 Å². The summed E-state index contributed by atoms with van der Waals surface area (Å²) < 4.78 is 55.8. The van der Waals surface area contributed by atoms with Crippen LogP contribution in [0.1, 0.15) is 38.8 Å². The Morgan fingerprint density at radius 3 is 2.41 bits per heavy atom. The predicted octanol–water partition coefficient (Wildman–Crippen LogP) is 4.94. The van der Waals surface area contributed by atoms with Crippen molar-refractivity contribution in [1.82, 2.24) is 14.8 Å². The van der Waals surface area contributed by atoms with Crippen molar-refractivity contribution in [2.45, 2.75) is 18.6 Å². The van der Waals surface area contributed by atoms with E-state index in [1.165, 1.54) is 28.4 Å². The number of nitrogens with zero attached hydrogens (tertiary/aromatic N) is 4. The molecule has 1 aromatic heterocycles. The number of alkyl halides is 3. The SMILES string of the molecule is COc1ccc([C@H]2CC(c3cccs3)=NN2C(=O)CN(CCN2CCOCC2)C(=O)c2ccc(C(F)(F)F)cc2)cc1OC. The van der Waals surface area contributed by atoms with Gasteiger partial charge in [-0.2, -0.15) is 18.3 Å². The summed E-state index contributed by atoms with van der Waals surface area (Å²) in [5, 5.41) is 8.04. The van der Waals surface area contributed by atoms with E-state index >= 15 is 0 Å². The highest BCUT2D eigenvalue weighted by atomic mass is 32.1. The van der Waals surface area contributed by atoms with Gasteiger partial charge in [0.05, 0.1) is 49.6 Å². The Morgan fingerprint density at radius 1 is 1.05 bits per heavy atom. The van der Waals surface area contributed by atoms with E-state index in [2.05, 4.69) is 4.90 Å². The Bertz CT molecular complexity index is 1470. The highest BCUT2D eigenvalue weighted by molar-refractivity contribution is 7.12. The van der Waals surface area contributed by atoms with Gasteiger partial charge in [-0.05, 0) is 53.4 Å². The van der Waals surface area contributed by atoms with Crippen LogP contribution in [-0.2, 0) is 15.7 Å². The number of ether oxygens (including phenoxy) is 3. The average molecular weight is 631 g/mol. The predicted molar refractivity (Wildman–Crippen MR) is 159 cm³/mol. The summed E-state index contributed by atoms with van der Waals surface area (Å²) in [7, 11) is 3.08. The second-order valence-electron chi connectivity index (χ2n) is 10.4. The number of hydrazone groups is 1. The molecule has 1 atom stereocenters. The number of hydrogen-bond acceptors (Lipinski definition) is 8. The fourth-order valence-electron chi connectivity index (χ4n) is 5.21. The summed E-state index contributed by atoms with van der Waals surface area (Å²) in [6.07, 6.45) is -4.08. The first-order chi connectivity index (χ1) is 21.2. The first kappa shape index (κ1) is 31.5. The van der Waals surface area contributed by atoms with E-state index in [0.29, 0.717) is 50.8 Å². The van der Waals surface area contributed by atoms with Crippen LogP contribution in [0.5, 0.6) is 11.5 Å². The lowest BCUT2D eigenvalue weighted by Crippen LogP contribution is -2.46. The number of morpholine rings is 1. The van der Waals surface area contributed by atoms with E-state index in [0.717, 1.165) is 40.4 Å². The van der Waals surface area contributed by atoms with Crippen LogP contribution in [0.4, 0.5) is 13.2 Å². The zero-order chi connectivity index (χ0) is 31.3. The topological polar surface area (TPSA) is 83.9 Å². The van der Waals surface area contributed by atoms with Crippen molar-refractivity contribution in [3.8, 4) is 11.5 Å². The van der Waals surface area contributed by atoms with Crippen molar-refractivity contribution in [3.05, 3.63) is 81.5 Å². The van der Waals surface area contributed by atoms with Crippen molar-refractivity contribution in [2.75, 3.05) is 60.2 Å². The number of carbonyl (C=O) groups excluding carboxylic acids is 2. The molecule has 0 saturated carbocycles. The number of methoxy groups -OCH3 is 2.